The molecule has 1 N–H and O–H groups in total. The fourth-order valence-electron chi connectivity index (χ4n) is 3.65. The molecular weight excluding hydrogens is 370 g/mol. The number of rotatable bonds is 3. The zero-order chi connectivity index (χ0) is 20.0. The summed E-state index contributed by atoms with van der Waals surface area (Å²) in [5, 5.41) is 10.00. The van der Waals surface area contributed by atoms with E-state index in [-0.39, 0.29) is 17.8 Å². The second-order valence-electron chi connectivity index (χ2n) is 6.49. The molecule has 0 saturated heterocycles. The SMILES string of the molecule is O=C(O)Cn1c2c(c3ccccc31)CCN(C(=O)c1cc(F)cc(F)c1)C2=O. The van der Waals surface area contributed by atoms with E-state index in [2.05, 4.69) is 0 Å². The molecule has 1 aliphatic heterocycles. The summed E-state index contributed by atoms with van der Waals surface area (Å²) >= 11 is 0. The molecule has 28 heavy (non-hydrogen) atoms. The van der Waals surface area contributed by atoms with Crippen LogP contribution in [0.2, 0.25) is 0 Å². The third-order valence-corrected chi connectivity index (χ3v) is 4.76. The number of hydrogen-bond donors (Lipinski definition) is 1. The molecule has 1 aromatic heterocycles. The summed E-state index contributed by atoms with van der Waals surface area (Å²) in [6, 6.07) is 9.37. The van der Waals surface area contributed by atoms with Gasteiger partial charge in [0.2, 0.25) is 0 Å². The maximum Gasteiger partial charge on any atom is 0.323 e. The molecule has 0 radical (unpaired) electrons. The number of carboxylic acid groups (broad SMARTS) is 1. The average molecular weight is 384 g/mol. The number of benzene rings is 2. The summed E-state index contributed by atoms with van der Waals surface area (Å²) in [6.07, 6.45) is 0.317. The van der Waals surface area contributed by atoms with Gasteiger partial charge in [0.1, 0.15) is 23.9 Å². The molecule has 1 aliphatic rings. The number of nitrogens with zero attached hydrogens (tertiary/aromatic N) is 2. The van der Waals surface area contributed by atoms with Crippen LogP contribution in [0.25, 0.3) is 10.9 Å². The van der Waals surface area contributed by atoms with Gasteiger partial charge in [0, 0.05) is 29.1 Å². The third kappa shape index (κ3) is 2.83. The highest BCUT2D eigenvalue weighted by atomic mass is 19.1. The van der Waals surface area contributed by atoms with Gasteiger partial charge < -0.3 is 9.67 Å². The molecule has 2 amide bonds. The van der Waals surface area contributed by atoms with Gasteiger partial charge in [-0.3, -0.25) is 19.3 Å². The molecule has 2 aromatic carbocycles. The lowest BCUT2D eigenvalue weighted by Crippen LogP contribution is -2.43. The van der Waals surface area contributed by atoms with Gasteiger partial charge in [-0.05, 0) is 30.2 Å². The maximum atomic E-state index is 13.5. The molecule has 6 nitrogen and oxygen atoms in total. The van der Waals surface area contributed by atoms with Crippen molar-refractivity contribution in [3.8, 4) is 0 Å². The summed E-state index contributed by atoms with van der Waals surface area (Å²) in [5.74, 6) is -4.50. The number of aromatic nitrogens is 1. The Labute approximate surface area is 157 Å². The van der Waals surface area contributed by atoms with Gasteiger partial charge in [-0.2, -0.15) is 0 Å². The molecule has 8 heteroatoms. The van der Waals surface area contributed by atoms with Crippen LogP contribution in [0.5, 0.6) is 0 Å². The number of para-hydroxylation sites is 1. The van der Waals surface area contributed by atoms with Crippen LogP contribution >= 0.6 is 0 Å². The van der Waals surface area contributed by atoms with Crippen molar-refractivity contribution < 1.29 is 28.3 Å². The van der Waals surface area contributed by atoms with E-state index in [1.165, 1.54) is 4.57 Å². The summed E-state index contributed by atoms with van der Waals surface area (Å²) < 4.78 is 28.3. The molecule has 2 heterocycles. The Kier molecular flexibility index (Phi) is 4.18. The predicted molar refractivity (Wildman–Crippen MR) is 95.0 cm³/mol. The van der Waals surface area contributed by atoms with Crippen molar-refractivity contribution in [3.05, 3.63) is 70.9 Å². The van der Waals surface area contributed by atoms with Crippen LogP contribution in [0.4, 0.5) is 8.78 Å². The van der Waals surface area contributed by atoms with Crippen LogP contribution in [-0.2, 0) is 17.8 Å². The van der Waals surface area contributed by atoms with E-state index in [9.17, 15) is 28.3 Å². The Morgan fingerprint density at radius 3 is 2.43 bits per heavy atom. The van der Waals surface area contributed by atoms with Gasteiger partial charge in [-0.1, -0.05) is 18.2 Å². The number of carbonyl (C=O) groups excluding carboxylic acids is 2. The second-order valence-corrected chi connectivity index (χ2v) is 6.49. The predicted octanol–water partition coefficient (Wildman–Crippen LogP) is 2.84. The number of amides is 2. The minimum Gasteiger partial charge on any atom is -0.480 e. The van der Waals surface area contributed by atoms with E-state index in [1.807, 2.05) is 0 Å². The second kappa shape index (κ2) is 6.56. The fourth-order valence-corrected chi connectivity index (χ4v) is 3.65. The molecule has 0 aliphatic carbocycles. The number of halogens is 2. The summed E-state index contributed by atoms with van der Waals surface area (Å²) in [5.41, 5.74) is 1.07. The van der Waals surface area contributed by atoms with Gasteiger partial charge in [0.25, 0.3) is 11.8 Å². The monoisotopic (exact) mass is 384 g/mol. The Hall–Kier alpha value is -3.55. The van der Waals surface area contributed by atoms with Crippen LogP contribution in [0.1, 0.15) is 26.4 Å². The molecule has 0 saturated carbocycles. The third-order valence-electron chi connectivity index (χ3n) is 4.76. The van der Waals surface area contributed by atoms with Crippen LogP contribution in [0, 0.1) is 11.6 Å². The molecule has 0 fully saturated rings. The lowest BCUT2D eigenvalue weighted by Gasteiger charge is -2.26. The van der Waals surface area contributed by atoms with Crippen molar-refractivity contribution in [1.29, 1.82) is 0 Å². The van der Waals surface area contributed by atoms with Crippen molar-refractivity contribution in [2.45, 2.75) is 13.0 Å². The van der Waals surface area contributed by atoms with Crippen LogP contribution in [-0.4, -0.2) is 38.9 Å². The molecule has 0 atom stereocenters. The van der Waals surface area contributed by atoms with E-state index < -0.39 is 36.0 Å². The van der Waals surface area contributed by atoms with Gasteiger partial charge in [0.15, 0.2) is 0 Å². The highest BCUT2D eigenvalue weighted by molar-refractivity contribution is 6.13. The maximum absolute atomic E-state index is 13.5. The van der Waals surface area contributed by atoms with Crippen molar-refractivity contribution >= 4 is 28.7 Å². The Balaban J connectivity index is 1.81. The lowest BCUT2D eigenvalue weighted by atomic mass is 10.0. The first-order chi connectivity index (χ1) is 13.4. The van der Waals surface area contributed by atoms with Crippen molar-refractivity contribution in [3.63, 3.8) is 0 Å². The minimum atomic E-state index is -1.13. The zero-order valence-corrected chi connectivity index (χ0v) is 14.5. The summed E-state index contributed by atoms with van der Waals surface area (Å²) in [6.45, 7) is -0.415. The molecule has 4 rings (SSSR count). The zero-order valence-electron chi connectivity index (χ0n) is 14.5. The number of carboxylic acids is 1. The fraction of sp³-hybridized carbons (Fsp3) is 0.150. The van der Waals surface area contributed by atoms with E-state index in [0.29, 0.717) is 23.6 Å². The molecule has 3 aromatic rings. The lowest BCUT2D eigenvalue weighted by molar-refractivity contribution is -0.137. The van der Waals surface area contributed by atoms with Crippen LogP contribution in [0.15, 0.2) is 42.5 Å². The van der Waals surface area contributed by atoms with Gasteiger partial charge >= 0.3 is 5.97 Å². The highest BCUT2D eigenvalue weighted by Crippen LogP contribution is 2.31. The molecule has 0 spiro atoms. The van der Waals surface area contributed by atoms with E-state index in [1.54, 1.807) is 24.3 Å². The first-order valence-corrected chi connectivity index (χ1v) is 8.51. The number of aliphatic carboxylic acids is 1. The molecule has 0 unspecified atom stereocenters. The Morgan fingerprint density at radius 1 is 1.07 bits per heavy atom. The van der Waals surface area contributed by atoms with Crippen molar-refractivity contribution in [2.75, 3.05) is 6.54 Å². The summed E-state index contributed by atoms with van der Waals surface area (Å²) in [4.78, 5) is 38.0. The first-order valence-electron chi connectivity index (χ1n) is 8.51. The van der Waals surface area contributed by atoms with Crippen molar-refractivity contribution in [1.82, 2.24) is 9.47 Å². The van der Waals surface area contributed by atoms with E-state index in [0.717, 1.165) is 22.4 Å². The first kappa shape index (κ1) is 17.8. The minimum absolute atomic E-state index is 0.0316. The van der Waals surface area contributed by atoms with E-state index >= 15 is 0 Å². The average Bonchev–Trinajstić information content (AvgIpc) is 2.95. The quantitative estimate of drug-likeness (QED) is 0.705. The number of imide groups is 1. The van der Waals surface area contributed by atoms with Crippen LogP contribution < -0.4 is 0 Å². The molecule has 142 valence electrons. The Morgan fingerprint density at radius 2 is 1.75 bits per heavy atom. The standard InChI is InChI=1S/C20H14F2N2O4/c21-12-7-11(8-13(22)9-12)19(27)23-6-5-15-14-3-1-2-4-16(14)24(10-17(25)26)18(15)20(23)28/h1-4,7-9H,5-6,10H2,(H,25,26). The highest BCUT2D eigenvalue weighted by Gasteiger charge is 2.35. The van der Waals surface area contributed by atoms with Gasteiger partial charge in [-0.15, -0.1) is 0 Å². The van der Waals surface area contributed by atoms with Gasteiger partial charge in [0.05, 0.1) is 0 Å². The number of hydrogen-bond acceptors (Lipinski definition) is 3. The van der Waals surface area contributed by atoms with Crippen molar-refractivity contribution in [2.24, 2.45) is 0 Å². The van der Waals surface area contributed by atoms with E-state index in [4.69, 9.17) is 0 Å². The van der Waals surface area contributed by atoms with Gasteiger partial charge in [-0.25, -0.2) is 8.78 Å². The smallest absolute Gasteiger partial charge is 0.323 e. The summed E-state index contributed by atoms with van der Waals surface area (Å²) in [7, 11) is 0. The topological polar surface area (TPSA) is 79.6 Å². The number of fused-ring (bicyclic) bond motifs is 3. The largest absolute Gasteiger partial charge is 0.480 e. The number of carbonyl (C=O) groups is 3. The van der Waals surface area contributed by atoms with Crippen LogP contribution in [0.3, 0.4) is 0 Å². The Bertz CT molecular complexity index is 1130. The molecular formula is C20H14F2N2O4. The normalized spacial score (nSPS) is 13.6. The molecule has 0 bridgehead atoms.